The normalized spacial score (nSPS) is 10.6. The predicted octanol–water partition coefficient (Wildman–Crippen LogP) is 0.554. The molecular weight excluding hydrogens is 220 g/mol. The molecule has 0 saturated heterocycles. The molecule has 0 fully saturated rings. The van der Waals surface area contributed by atoms with E-state index in [2.05, 4.69) is 20.4 Å². The Balaban J connectivity index is 2.26. The van der Waals surface area contributed by atoms with Crippen molar-refractivity contribution >= 4 is 0 Å². The van der Waals surface area contributed by atoms with E-state index in [1.54, 1.807) is 30.6 Å². The van der Waals surface area contributed by atoms with Gasteiger partial charge in [-0.2, -0.15) is 20.4 Å². The van der Waals surface area contributed by atoms with Gasteiger partial charge in [0.15, 0.2) is 5.69 Å². The van der Waals surface area contributed by atoms with Gasteiger partial charge >= 0.3 is 0 Å². The highest BCUT2D eigenvalue weighted by atomic mass is 16.3. The molecule has 0 bridgehead atoms. The Hall–Kier alpha value is -2.70. The van der Waals surface area contributed by atoms with Crippen LogP contribution in [0.15, 0.2) is 43.0 Å². The zero-order chi connectivity index (χ0) is 11.7. The lowest BCUT2D eigenvalue weighted by molar-refractivity contribution is 0.466. The molecule has 84 valence electrons. The van der Waals surface area contributed by atoms with E-state index in [1.807, 2.05) is 0 Å². The number of aromatic hydroxyl groups is 1. The van der Waals surface area contributed by atoms with E-state index >= 15 is 0 Å². The zero-order valence-corrected chi connectivity index (χ0v) is 8.67. The molecule has 0 radical (unpaired) electrons. The van der Waals surface area contributed by atoms with Gasteiger partial charge in [0.05, 0.1) is 24.8 Å². The van der Waals surface area contributed by atoms with Gasteiger partial charge < -0.3 is 5.11 Å². The smallest absolute Gasteiger partial charge is 0.155 e. The van der Waals surface area contributed by atoms with Gasteiger partial charge in [-0.3, -0.25) is 0 Å². The molecular formula is C10H8N6O. The topological polar surface area (TPSA) is 81.6 Å². The van der Waals surface area contributed by atoms with E-state index in [4.69, 9.17) is 0 Å². The summed E-state index contributed by atoms with van der Waals surface area (Å²) in [6.45, 7) is 0. The summed E-state index contributed by atoms with van der Waals surface area (Å²) in [6.07, 6.45) is 6.19. The Morgan fingerprint density at radius 1 is 0.824 bits per heavy atom. The van der Waals surface area contributed by atoms with Gasteiger partial charge in [0.2, 0.25) is 0 Å². The van der Waals surface area contributed by atoms with E-state index in [9.17, 15) is 5.11 Å². The van der Waals surface area contributed by atoms with Crippen molar-refractivity contribution in [1.29, 1.82) is 0 Å². The average Bonchev–Trinajstić information content (AvgIpc) is 3.02. The third-order valence-electron chi connectivity index (χ3n) is 2.25. The van der Waals surface area contributed by atoms with E-state index < -0.39 is 0 Å². The van der Waals surface area contributed by atoms with Crippen molar-refractivity contribution in [3.63, 3.8) is 0 Å². The van der Waals surface area contributed by atoms with Gasteiger partial charge in [0.1, 0.15) is 11.4 Å². The Bertz CT molecular complexity index is 616. The number of nitrogens with zero attached hydrogens (tertiary/aromatic N) is 6. The molecule has 7 heteroatoms. The minimum Gasteiger partial charge on any atom is -0.506 e. The van der Waals surface area contributed by atoms with E-state index in [-0.39, 0.29) is 5.75 Å². The molecule has 7 nitrogen and oxygen atoms in total. The highest BCUT2D eigenvalue weighted by Crippen LogP contribution is 2.25. The van der Waals surface area contributed by atoms with Crippen LogP contribution >= 0.6 is 0 Å². The van der Waals surface area contributed by atoms with E-state index in [0.717, 1.165) is 0 Å². The molecule has 0 amide bonds. The van der Waals surface area contributed by atoms with Crippen LogP contribution in [-0.4, -0.2) is 35.1 Å². The highest BCUT2D eigenvalue weighted by molar-refractivity contribution is 5.58. The Morgan fingerprint density at radius 3 is 2.06 bits per heavy atom. The second kappa shape index (κ2) is 3.71. The van der Waals surface area contributed by atoms with Crippen molar-refractivity contribution in [3.8, 4) is 17.1 Å². The standard InChI is InChI=1S/C10H8N6O/c17-9-3-1-2-8(15-11-4-5-12-15)10(9)16-13-6-7-14-16/h1-7,17H. The first kappa shape index (κ1) is 9.52. The van der Waals surface area contributed by atoms with Gasteiger partial charge in [-0.15, -0.1) is 9.59 Å². The summed E-state index contributed by atoms with van der Waals surface area (Å²) in [4.78, 5) is 2.73. The number of para-hydroxylation sites is 1. The molecule has 0 atom stereocenters. The monoisotopic (exact) mass is 228 g/mol. The first-order chi connectivity index (χ1) is 8.36. The number of hydrogen-bond acceptors (Lipinski definition) is 5. The maximum absolute atomic E-state index is 9.89. The third kappa shape index (κ3) is 1.53. The van der Waals surface area contributed by atoms with Crippen molar-refractivity contribution in [2.24, 2.45) is 0 Å². The Kier molecular flexibility index (Phi) is 2.08. The van der Waals surface area contributed by atoms with Crippen LogP contribution in [0.4, 0.5) is 0 Å². The molecule has 2 aromatic heterocycles. The minimum atomic E-state index is 0.0657. The van der Waals surface area contributed by atoms with Crippen LogP contribution in [0.25, 0.3) is 11.4 Å². The lowest BCUT2D eigenvalue weighted by Crippen LogP contribution is -2.07. The fourth-order valence-electron chi connectivity index (χ4n) is 1.56. The Labute approximate surface area is 95.9 Å². The van der Waals surface area contributed by atoms with Crippen molar-refractivity contribution in [3.05, 3.63) is 43.0 Å². The molecule has 1 aromatic carbocycles. The summed E-state index contributed by atoms with van der Waals surface area (Å²) in [7, 11) is 0. The van der Waals surface area contributed by atoms with Crippen LogP contribution in [0.3, 0.4) is 0 Å². The summed E-state index contributed by atoms with van der Waals surface area (Å²) in [5.74, 6) is 0.0657. The predicted molar refractivity (Wildman–Crippen MR) is 57.9 cm³/mol. The molecule has 0 aliphatic carbocycles. The van der Waals surface area contributed by atoms with Gasteiger partial charge in [-0.25, -0.2) is 0 Å². The molecule has 0 saturated carbocycles. The molecule has 1 N–H and O–H groups in total. The maximum atomic E-state index is 9.89. The average molecular weight is 228 g/mol. The van der Waals surface area contributed by atoms with Gasteiger partial charge in [0.25, 0.3) is 0 Å². The second-order valence-corrected chi connectivity index (χ2v) is 3.28. The molecule has 2 heterocycles. The van der Waals surface area contributed by atoms with Crippen LogP contribution < -0.4 is 0 Å². The van der Waals surface area contributed by atoms with Crippen molar-refractivity contribution in [1.82, 2.24) is 30.0 Å². The van der Waals surface area contributed by atoms with E-state index in [1.165, 1.54) is 22.0 Å². The largest absolute Gasteiger partial charge is 0.506 e. The molecule has 3 aromatic rings. The van der Waals surface area contributed by atoms with Crippen molar-refractivity contribution in [2.75, 3.05) is 0 Å². The summed E-state index contributed by atoms with van der Waals surface area (Å²) in [6, 6.07) is 5.05. The van der Waals surface area contributed by atoms with Gasteiger partial charge in [0, 0.05) is 0 Å². The third-order valence-corrected chi connectivity index (χ3v) is 2.25. The molecule has 0 unspecified atom stereocenters. The molecule has 0 spiro atoms. The van der Waals surface area contributed by atoms with E-state index in [0.29, 0.717) is 11.4 Å². The van der Waals surface area contributed by atoms with Crippen molar-refractivity contribution in [2.45, 2.75) is 0 Å². The Morgan fingerprint density at radius 2 is 1.41 bits per heavy atom. The number of phenols is 1. The first-order valence-corrected chi connectivity index (χ1v) is 4.91. The number of aromatic nitrogens is 6. The van der Waals surface area contributed by atoms with Crippen LogP contribution in [0.1, 0.15) is 0 Å². The van der Waals surface area contributed by atoms with Gasteiger partial charge in [-0.1, -0.05) is 6.07 Å². The number of hydrogen-bond donors (Lipinski definition) is 1. The quantitative estimate of drug-likeness (QED) is 0.692. The highest BCUT2D eigenvalue weighted by Gasteiger charge is 2.13. The number of phenolic OH excluding ortho intramolecular Hbond substituents is 1. The van der Waals surface area contributed by atoms with Crippen LogP contribution in [0.5, 0.6) is 5.75 Å². The summed E-state index contributed by atoms with van der Waals surface area (Å²) >= 11 is 0. The van der Waals surface area contributed by atoms with Gasteiger partial charge in [-0.05, 0) is 12.1 Å². The molecule has 17 heavy (non-hydrogen) atoms. The molecule has 0 aliphatic rings. The summed E-state index contributed by atoms with van der Waals surface area (Å²) in [5.41, 5.74) is 1.04. The number of benzene rings is 1. The SMILES string of the molecule is Oc1cccc(-n2nccn2)c1-n1nccn1. The molecule has 3 rings (SSSR count). The lowest BCUT2D eigenvalue weighted by Gasteiger charge is -2.08. The summed E-state index contributed by atoms with van der Waals surface area (Å²) < 4.78 is 0. The fourth-order valence-corrected chi connectivity index (χ4v) is 1.56. The summed E-state index contributed by atoms with van der Waals surface area (Å²) in [5, 5.41) is 25.9. The zero-order valence-electron chi connectivity index (χ0n) is 8.67. The van der Waals surface area contributed by atoms with Crippen LogP contribution in [0.2, 0.25) is 0 Å². The fraction of sp³-hybridized carbons (Fsp3) is 0. The lowest BCUT2D eigenvalue weighted by atomic mass is 10.2. The maximum Gasteiger partial charge on any atom is 0.155 e. The van der Waals surface area contributed by atoms with Crippen LogP contribution in [0, 0.1) is 0 Å². The first-order valence-electron chi connectivity index (χ1n) is 4.91. The second-order valence-electron chi connectivity index (χ2n) is 3.28. The van der Waals surface area contributed by atoms with Crippen molar-refractivity contribution < 1.29 is 5.11 Å². The molecule has 0 aliphatic heterocycles. The van der Waals surface area contributed by atoms with Crippen LogP contribution in [-0.2, 0) is 0 Å². The number of rotatable bonds is 2. The minimum absolute atomic E-state index is 0.0657.